The third kappa shape index (κ3) is 1.95. The van der Waals surface area contributed by atoms with E-state index in [0.29, 0.717) is 6.04 Å². The van der Waals surface area contributed by atoms with Gasteiger partial charge in [-0.25, -0.2) is 9.13 Å². The van der Waals surface area contributed by atoms with Gasteiger partial charge in [-0.3, -0.25) is 0 Å². The van der Waals surface area contributed by atoms with Crippen LogP contribution in [-0.4, -0.2) is 4.57 Å². The molecule has 1 aromatic rings. The van der Waals surface area contributed by atoms with Crippen LogP contribution in [0.15, 0.2) is 43.0 Å². The van der Waals surface area contributed by atoms with E-state index < -0.39 is 0 Å². The Labute approximate surface area is 85.2 Å². The summed E-state index contributed by atoms with van der Waals surface area (Å²) < 4.78 is 4.49. The first-order valence-corrected chi connectivity index (χ1v) is 5.31. The van der Waals surface area contributed by atoms with E-state index in [0.717, 1.165) is 6.54 Å². The number of hydrogen-bond acceptors (Lipinski definition) is 0. The average molecular weight is 189 g/mol. The zero-order valence-corrected chi connectivity index (χ0v) is 8.63. The fraction of sp³-hybridized carbons (Fsp3) is 0.417. The second-order valence-electron chi connectivity index (χ2n) is 3.71. The van der Waals surface area contributed by atoms with Gasteiger partial charge in [0.15, 0.2) is 0 Å². The number of aryl methyl sites for hydroxylation is 1. The van der Waals surface area contributed by atoms with Crippen molar-refractivity contribution < 1.29 is 4.57 Å². The maximum Gasteiger partial charge on any atom is 0.244 e. The largest absolute Gasteiger partial charge is 0.244 e. The van der Waals surface area contributed by atoms with E-state index in [1.807, 2.05) is 0 Å². The van der Waals surface area contributed by atoms with Gasteiger partial charge in [-0.1, -0.05) is 25.5 Å². The van der Waals surface area contributed by atoms with E-state index in [1.54, 1.807) is 0 Å². The van der Waals surface area contributed by atoms with Gasteiger partial charge in [-0.2, -0.15) is 0 Å². The second kappa shape index (κ2) is 4.27. The average Bonchev–Trinajstić information content (AvgIpc) is 2.85. The molecule has 1 aliphatic carbocycles. The van der Waals surface area contributed by atoms with Gasteiger partial charge in [0.1, 0.15) is 18.4 Å². The molecule has 0 saturated carbocycles. The first kappa shape index (κ1) is 9.25. The Morgan fingerprint density at radius 1 is 1.29 bits per heavy atom. The quantitative estimate of drug-likeness (QED) is 0.642. The van der Waals surface area contributed by atoms with E-state index in [4.69, 9.17) is 0 Å². The summed E-state index contributed by atoms with van der Waals surface area (Å²) in [6.45, 7) is 3.35. The third-order valence-corrected chi connectivity index (χ3v) is 2.55. The molecule has 74 valence electrons. The van der Waals surface area contributed by atoms with Gasteiger partial charge in [0, 0.05) is 0 Å². The van der Waals surface area contributed by atoms with Crippen LogP contribution in [0.2, 0.25) is 0 Å². The molecule has 0 saturated heterocycles. The highest BCUT2D eigenvalue weighted by Gasteiger charge is 2.12. The van der Waals surface area contributed by atoms with Crippen LogP contribution >= 0.6 is 0 Å². The molecule has 2 heteroatoms. The molecule has 2 rings (SSSR count). The van der Waals surface area contributed by atoms with E-state index in [9.17, 15) is 0 Å². The number of hydrogen-bond donors (Lipinski definition) is 0. The van der Waals surface area contributed by atoms with Crippen molar-refractivity contribution in [2.75, 3.05) is 0 Å². The molecule has 2 nitrogen and oxygen atoms in total. The van der Waals surface area contributed by atoms with Crippen LogP contribution in [0, 0.1) is 0 Å². The van der Waals surface area contributed by atoms with E-state index in [1.165, 1.54) is 12.8 Å². The van der Waals surface area contributed by atoms with Crippen molar-refractivity contribution in [3.63, 3.8) is 0 Å². The second-order valence-corrected chi connectivity index (χ2v) is 3.71. The highest BCUT2D eigenvalue weighted by molar-refractivity contribution is 5.19. The van der Waals surface area contributed by atoms with Crippen LogP contribution < -0.4 is 4.57 Å². The molecule has 1 heterocycles. The molecule has 0 aromatic carbocycles. The Morgan fingerprint density at radius 2 is 2.07 bits per heavy atom. The SMILES string of the molecule is CCCC[n+]1ccn(C2C=CC=C2)c1. The molecule has 0 N–H and O–H groups in total. The molecule has 0 bridgehead atoms. The molecule has 0 spiro atoms. The normalized spacial score (nSPS) is 15.5. The molecule has 0 amide bonds. The van der Waals surface area contributed by atoms with Crippen LogP contribution in [0.25, 0.3) is 0 Å². The highest BCUT2D eigenvalue weighted by Crippen LogP contribution is 2.13. The molecule has 0 fully saturated rings. The molecule has 14 heavy (non-hydrogen) atoms. The molecular weight excluding hydrogens is 172 g/mol. The first-order chi connectivity index (χ1) is 6.90. The Morgan fingerprint density at radius 3 is 2.79 bits per heavy atom. The van der Waals surface area contributed by atoms with Crippen LogP contribution in [0.1, 0.15) is 25.8 Å². The highest BCUT2D eigenvalue weighted by atomic mass is 15.1. The van der Waals surface area contributed by atoms with Crippen molar-refractivity contribution in [3.05, 3.63) is 43.0 Å². The number of unbranched alkanes of at least 4 members (excludes halogenated alkanes) is 1. The predicted octanol–water partition coefficient (Wildman–Crippen LogP) is 2.24. The maximum absolute atomic E-state index is 2.25. The predicted molar refractivity (Wildman–Crippen MR) is 56.9 cm³/mol. The lowest BCUT2D eigenvalue weighted by atomic mass is 10.3. The van der Waals surface area contributed by atoms with Crippen molar-refractivity contribution in [1.82, 2.24) is 4.57 Å². The van der Waals surface area contributed by atoms with Gasteiger partial charge < -0.3 is 0 Å². The van der Waals surface area contributed by atoms with Crippen LogP contribution in [-0.2, 0) is 6.54 Å². The van der Waals surface area contributed by atoms with Crippen molar-refractivity contribution in [2.24, 2.45) is 0 Å². The number of nitrogens with zero attached hydrogens (tertiary/aromatic N) is 2. The summed E-state index contributed by atoms with van der Waals surface area (Å²) in [6.07, 6.45) is 17.6. The topological polar surface area (TPSA) is 8.81 Å². The van der Waals surface area contributed by atoms with Crippen molar-refractivity contribution >= 4 is 0 Å². The Kier molecular flexibility index (Phi) is 2.82. The summed E-state index contributed by atoms with van der Waals surface area (Å²) in [6, 6.07) is 0.429. The molecule has 0 aliphatic heterocycles. The van der Waals surface area contributed by atoms with E-state index >= 15 is 0 Å². The van der Waals surface area contributed by atoms with Gasteiger partial charge in [-0.15, -0.1) is 0 Å². The monoisotopic (exact) mass is 189 g/mol. The summed E-state index contributed by atoms with van der Waals surface area (Å²) in [4.78, 5) is 0. The standard InChI is InChI=1S/C12H17N2/c1-2-3-8-13-9-10-14(11-13)12-6-4-5-7-12/h4-7,9-12H,2-3,8H2,1H3/q+1. The Balaban J connectivity index is 2.02. The van der Waals surface area contributed by atoms with Gasteiger partial charge in [0.25, 0.3) is 0 Å². The lowest BCUT2D eigenvalue weighted by Gasteiger charge is -1.98. The first-order valence-electron chi connectivity index (χ1n) is 5.31. The summed E-state index contributed by atoms with van der Waals surface area (Å²) >= 11 is 0. The fourth-order valence-corrected chi connectivity index (χ4v) is 1.68. The summed E-state index contributed by atoms with van der Waals surface area (Å²) in [5, 5.41) is 0. The van der Waals surface area contributed by atoms with Gasteiger partial charge >= 0.3 is 0 Å². The van der Waals surface area contributed by atoms with Gasteiger partial charge in [0.2, 0.25) is 6.33 Å². The third-order valence-electron chi connectivity index (χ3n) is 2.55. The summed E-state index contributed by atoms with van der Waals surface area (Å²) in [5.74, 6) is 0. The zero-order chi connectivity index (χ0) is 9.80. The molecule has 0 unspecified atom stereocenters. The molecule has 1 aromatic heterocycles. The number of rotatable bonds is 4. The van der Waals surface area contributed by atoms with Crippen molar-refractivity contribution in [2.45, 2.75) is 32.4 Å². The smallest absolute Gasteiger partial charge is 0.237 e. The summed E-state index contributed by atoms with van der Waals surface area (Å²) in [7, 11) is 0. The lowest BCUT2D eigenvalue weighted by Crippen LogP contribution is -2.30. The van der Waals surface area contributed by atoms with E-state index in [2.05, 4.69) is 59.1 Å². The minimum atomic E-state index is 0.429. The zero-order valence-electron chi connectivity index (χ0n) is 8.63. The van der Waals surface area contributed by atoms with E-state index in [-0.39, 0.29) is 0 Å². The number of aromatic nitrogens is 2. The van der Waals surface area contributed by atoms with Gasteiger partial charge in [0.05, 0.1) is 6.54 Å². The van der Waals surface area contributed by atoms with Crippen LogP contribution in [0.5, 0.6) is 0 Å². The minimum absolute atomic E-state index is 0.429. The number of imidazole rings is 1. The molecular formula is C12H17N2+. The number of allylic oxidation sites excluding steroid dienone is 4. The van der Waals surface area contributed by atoms with Crippen LogP contribution in [0.4, 0.5) is 0 Å². The molecule has 0 atom stereocenters. The van der Waals surface area contributed by atoms with Crippen molar-refractivity contribution in [1.29, 1.82) is 0 Å². The van der Waals surface area contributed by atoms with Crippen molar-refractivity contribution in [3.8, 4) is 0 Å². The molecule has 1 aliphatic rings. The molecule has 0 radical (unpaired) electrons. The maximum atomic E-state index is 2.25. The van der Waals surface area contributed by atoms with Crippen LogP contribution in [0.3, 0.4) is 0 Å². The minimum Gasteiger partial charge on any atom is -0.237 e. The lowest BCUT2D eigenvalue weighted by molar-refractivity contribution is -0.696. The Hall–Kier alpha value is -1.31. The Bertz CT molecular complexity index is 335. The fourth-order valence-electron chi connectivity index (χ4n) is 1.68. The summed E-state index contributed by atoms with van der Waals surface area (Å²) in [5.41, 5.74) is 0. The van der Waals surface area contributed by atoms with Gasteiger partial charge in [-0.05, 0) is 18.6 Å².